The van der Waals surface area contributed by atoms with E-state index in [2.05, 4.69) is 5.10 Å². The molecule has 0 aromatic heterocycles. The Morgan fingerprint density at radius 1 is 1.04 bits per heavy atom. The van der Waals surface area contributed by atoms with Crippen molar-refractivity contribution in [1.82, 2.24) is 5.01 Å². The number of phenols is 2. The summed E-state index contributed by atoms with van der Waals surface area (Å²) in [6.45, 7) is 0. The van der Waals surface area contributed by atoms with Crippen LogP contribution in [0.1, 0.15) is 11.1 Å². The van der Waals surface area contributed by atoms with E-state index >= 15 is 0 Å². The van der Waals surface area contributed by atoms with Gasteiger partial charge in [-0.2, -0.15) is 10.1 Å². The Kier molecular flexibility index (Phi) is 4.64. The summed E-state index contributed by atoms with van der Waals surface area (Å²) in [5, 5.41) is 24.2. The monoisotopic (exact) mass is 356 g/mol. The zero-order valence-corrected chi connectivity index (χ0v) is 13.9. The number of amides is 1. The molecule has 1 amide bonds. The van der Waals surface area contributed by atoms with Crippen LogP contribution in [0.15, 0.2) is 58.5 Å². The number of phenolic OH excluding ortho intramolecular Hbond substituents is 2. The van der Waals surface area contributed by atoms with Gasteiger partial charge in [0.25, 0.3) is 5.91 Å². The second-order valence-electron chi connectivity index (χ2n) is 4.90. The summed E-state index contributed by atoms with van der Waals surface area (Å²) in [6.07, 6.45) is 3.16. The van der Waals surface area contributed by atoms with Crippen LogP contribution in [0.4, 0.5) is 0 Å². The van der Waals surface area contributed by atoms with Crippen LogP contribution in [0.3, 0.4) is 0 Å². The second-order valence-corrected chi connectivity index (χ2v) is 6.57. The molecule has 3 rings (SSSR count). The average molecular weight is 356 g/mol. The molecule has 5 nitrogen and oxygen atoms in total. The highest BCUT2D eigenvalue weighted by molar-refractivity contribution is 8.26. The van der Waals surface area contributed by atoms with E-state index in [9.17, 15) is 15.0 Å². The second kappa shape index (κ2) is 6.86. The van der Waals surface area contributed by atoms with E-state index in [0.717, 1.165) is 17.3 Å². The fourth-order valence-electron chi connectivity index (χ4n) is 2.00. The van der Waals surface area contributed by atoms with E-state index in [0.29, 0.717) is 14.8 Å². The molecule has 0 aliphatic carbocycles. The number of rotatable bonds is 3. The van der Waals surface area contributed by atoms with Gasteiger partial charge in [-0.05, 0) is 41.6 Å². The minimum absolute atomic E-state index is 0.216. The van der Waals surface area contributed by atoms with Crippen molar-refractivity contribution in [3.8, 4) is 11.5 Å². The lowest BCUT2D eigenvalue weighted by Crippen LogP contribution is -2.22. The lowest BCUT2D eigenvalue weighted by atomic mass is 10.2. The maximum atomic E-state index is 12.4. The average Bonchev–Trinajstić information content (AvgIpc) is 2.84. The molecule has 1 aliphatic heterocycles. The molecule has 0 atom stereocenters. The summed E-state index contributed by atoms with van der Waals surface area (Å²) in [7, 11) is 0. The van der Waals surface area contributed by atoms with Crippen LogP contribution in [-0.2, 0) is 4.79 Å². The van der Waals surface area contributed by atoms with Crippen LogP contribution >= 0.6 is 24.0 Å². The van der Waals surface area contributed by atoms with Crippen LogP contribution < -0.4 is 0 Å². The van der Waals surface area contributed by atoms with Gasteiger partial charge in [0.15, 0.2) is 15.8 Å². The SMILES string of the molecule is O=C1/C(=C\c2ccc(O)c(O)c2)SC(=S)N1/N=C/c1ccccc1. The molecular weight excluding hydrogens is 344 g/mol. The molecule has 0 bridgehead atoms. The molecule has 0 saturated carbocycles. The lowest BCUT2D eigenvalue weighted by Gasteiger charge is -2.05. The van der Waals surface area contributed by atoms with Crippen molar-refractivity contribution in [2.75, 3.05) is 0 Å². The third kappa shape index (κ3) is 3.47. The predicted molar refractivity (Wildman–Crippen MR) is 98.8 cm³/mol. The first-order chi connectivity index (χ1) is 11.5. The largest absolute Gasteiger partial charge is 0.504 e. The fraction of sp³-hybridized carbons (Fsp3) is 0. The van der Waals surface area contributed by atoms with Gasteiger partial charge in [-0.1, -0.05) is 48.2 Å². The number of aromatic hydroxyl groups is 2. The van der Waals surface area contributed by atoms with Crippen molar-refractivity contribution in [3.05, 3.63) is 64.6 Å². The summed E-state index contributed by atoms with van der Waals surface area (Å²) in [4.78, 5) is 12.8. The molecule has 0 spiro atoms. The van der Waals surface area contributed by atoms with Gasteiger partial charge >= 0.3 is 0 Å². The minimum atomic E-state index is -0.329. The van der Waals surface area contributed by atoms with Gasteiger partial charge in [0.1, 0.15) is 0 Å². The van der Waals surface area contributed by atoms with Gasteiger partial charge in [0.2, 0.25) is 0 Å². The zero-order valence-electron chi connectivity index (χ0n) is 12.3. The number of carbonyl (C=O) groups excluding carboxylic acids is 1. The van der Waals surface area contributed by atoms with Gasteiger partial charge in [-0.3, -0.25) is 4.79 Å². The van der Waals surface area contributed by atoms with Crippen molar-refractivity contribution in [2.45, 2.75) is 0 Å². The summed E-state index contributed by atoms with van der Waals surface area (Å²) in [6, 6.07) is 13.7. The molecule has 1 heterocycles. The lowest BCUT2D eigenvalue weighted by molar-refractivity contribution is -0.122. The first kappa shape index (κ1) is 16.2. The molecule has 2 aromatic rings. The Labute approximate surface area is 147 Å². The summed E-state index contributed by atoms with van der Waals surface area (Å²) < 4.78 is 0.335. The maximum absolute atomic E-state index is 12.4. The van der Waals surface area contributed by atoms with Crippen molar-refractivity contribution in [2.24, 2.45) is 5.10 Å². The predicted octanol–water partition coefficient (Wildman–Crippen LogP) is 3.33. The molecule has 0 unspecified atom stereocenters. The number of nitrogens with zero attached hydrogens (tertiary/aromatic N) is 2. The quantitative estimate of drug-likeness (QED) is 0.382. The Bertz CT molecular complexity index is 863. The highest BCUT2D eigenvalue weighted by atomic mass is 32.2. The van der Waals surface area contributed by atoms with Crippen LogP contribution in [0, 0.1) is 0 Å². The van der Waals surface area contributed by atoms with Gasteiger partial charge in [0, 0.05) is 0 Å². The van der Waals surface area contributed by atoms with E-state index in [1.165, 1.54) is 17.1 Å². The molecule has 1 aliphatic rings. The Morgan fingerprint density at radius 3 is 2.50 bits per heavy atom. The van der Waals surface area contributed by atoms with Crippen molar-refractivity contribution >= 4 is 46.5 Å². The molecule has 7 heteroatoms. The molecule has 2 aromatic carbocycles. The van der Waals surface area contributed by atoms with E-state index in [1.54, 1.807) is 18.4 Å². The highest BCUT2D eigenvalue weighted by Gasteiger charge is 2.32. The van der Waals surface area contributed by atoms with E-state index in [4.69, 9.17) is 12.2 Å². The molecular formula is C17H12N2O3S2. The number of thioether (sulfide) groups is 1. The van der Waals surface area contributed by atoms with Gasteiger partial charge in [-0.25, -0.2) is 0 Å². The molecule has 2 N–H and O–H groups in total. The first-order valence-corrected chi connectivity index (χ1v) is 8.16. The fourth-order valence-corrected chi connectivity index (χ4v) is 3.18. The van der Waals surface area contributed by atoms with Gasteiger partial charge in [0.05, 0.1) is 11.1 Å². The smallest absolute Gasteiger partial charge is 0.286 e. The third-order valence-electron chi connectivity index (χ3n) is 3.19. The van der Waals surface area contributed by atoms with Crippen LogP contribution in [0.25, 0.3) is 6.08 Å². The highest BCUT2D eigenvalue weighted by Crippen LogP contribution is 2.34. The van der Waals surface area contributed by atoms with E-state index in [-0.39, 0.29) is 17.4 Å². The molecule has 1 fully saturated rings. The van der Waals surface area contributed by atoms with Crippen LogP contribution in [0.2, 0.25) is 0 Å². The number of hydrazone groups is 1. The topological polar surface area (TPSA) is 73.1 Å². The van der Waals surface area contributed by atoms with Crippen molar-refractivity contribution in [1.29, 1.82) is 0 Å². The molecule has 120 valence electrons. The van der Waals surface area contributed by atoms with Crippen molar-refractivity contribution in [3.63, 3.8) is 0 Å². The number of hydrogen-bond acceptors (Lipinski definition) is 6. The summed E-state index contributed by atoms with van der Waals surface area (Å²) in [5.74, 6) is -0.793. The Morgan fingerprint density at radius 2 is 1.79 bits per heavy atom. The molecule has 1 saturated heterocycles. The Balaban J connectivity index is 1.82. The van der Waals surface area contributed by atoms with Gasteiger partial charge < -0.3 is 10.2 Å². The van der Waals surface area contributed by atoms with Gasteiger partial charge in [-0.15, -0.1) is 0 Å². The number of carbonyl (C=O) groups is 1. The maximum Gasteiger partial charge on any atom is 0.286 e. The van der Waals surface area contributed by atoms with Crippen molar-refractivity contribution < 1.29 is 15.0 Å². The zero-order chi connectivity index (χ0) is 17.1. The molecule has 0 radical (unpaired) electrons. The van der Waals surface area contributed by atoms with E-state index in [1.807, 2.05) is 30.3 Å². The van der Waals surface area contributed by atoms with Crippen LogP contribution in [0.5, 0.6) is 11.5 Å². The minimum Gasteiger partial charge on any atom is -0.504 e. The normalized spacial score (nSPS) is 16.5. The first-order valence-electron chi connectivity index (χ1n) is 6.93. The number of hydrogen-bond donors (Lipinski definition) is 2. The summed E-state index contributed by atoms with van der Waals surface area (Å²) in [5.41, 5.74) is 1.44. The Hall–Kier alpha value is -2.64. The number of thiocarbonyl (C=S) groups is 1. The standard InChI is InChI=1S/C17H12N2O3S2/c20-13-7-6-12(8-14(13)21)9-15-16(22)19(17(23)24-15)18-10-11-4-2-1-3-5-11/h1-10,20-21H/b15-9+,18-10+. The number of benzene rings is 2. The third-order valence-corrected chi connectivity index (χ3v) is 4.48. The van der Waals surface area contributed by atoms with Crippen LogP contribution in [-0.4, -0.2) is 31.7 Å². The summed E-state index contributed by atoms with van der Waals surface area (Å²) >= 11 is 6.33. The van der Waals surface area contributed by atoms with E-state index < -0.39 is 0 Å². The molecule has 24 heavy (non-hydrogen) atoms.